The zero-order valence-electron chi connectivity index (χ0n) is 16.7. The number of aromatic nitrogens is 2. The maximum Gasteiger partial charge on any atom is 0.316 e. The van der Waals surface area contributed by atoms with Crippen molar-refractivity contribution in [1.82, 2.24) is 14.5 Å². The molecule has 1 aliphatic carbocycles. The molecule has 6 rings (SSSR count). The van der Waals surface area contributed by atoms with Crippen LogP contribution in [0.5, 0.6) is 0 Å². The number of aromatic amines is 1. The van der Waals surface area contributed by atoms with Crippen LogP contribution in [0.15, 0.2) is 70.3 Å². The number of nitrogens with zero attached hydrogens (tertiary/aromatic N) is 2. The quantitative estimate of drug-likeness (QED) is 0.518. The fourth-order valence-electron chi connectivity index (χ4n) is 5.54. The van der Waals surface area contributed by atoms with Gasteiger partial charge in [0.15, 0.2) is 0 Å². The predicted molar refractivity (Wildman–Crippen MR) is 121 cm³/mol. The summed E-state index contributed by atoms with van der Waals surface area (Å²) in [4.78, 5) is 30.2. The highest BCUT2D eigenvalue weighted by Gasteiger charge is 2.32. The first kappa shape index (κ1) is 17.7. The monoisotopic (exact) mass is 399 g/mol. The van der Waals surface area contributed by atoms with E-state index in [0.29, 0.717) is 6.04 Å². The van der Waals surface area contributed by atoms with E-state index in [4.69, 9.17) is 0 Å². The number of fused-ring (bicyclic) bond motifs is 1. The molecule has 3 aromatic carbocycles. The number of para-hydroxylation sites is 2. The van der Waals surface area contributed by atoms with Crippen LogP contribution in [0.1, 0.15) is 37.5 Å². The third kappa shape index (κ3) is 2.58. The number of rotatable bonds is 2. The van der Waals surface area contributed by atoms with E-state index in [-0.39, 0.29) is 7.47 Å². The summed E-state index contributed by atoms with van der Waals surface area (Å²) in [6.45, 7) is 1.85. The Morgan fingerprint density at radius 3 is 2.50 bits per heavy atom. The zero-order valence-corrected chi connectivity index (χ0v) is 16.7. The minimum atomic E-state index is -0.533. The van der Waals surface area contributed by atoms with Crippen LogP contribution in [0.25, 0.3) is 21.8 Å². The lowest BCUT2D eigenvalue weighted by Gasteiger charge is -2.37. The Kier molecular flexibility index (Phi) is 3.93. The van der Waals surface area contributed by atoms with Gasteiger partial charge in [-0.1, -0.05) is 48.5 Å². The molecule has 0 spiro atoms. The molecule has 2 heterocycles. The lowest BCUT2D eigenvalue weighted by atomic mass is 9.99. The number of hydrogen-bond acceptors (Lipinski definition) is 3. The van der Waals surface area contributed by atoms with Crippen molar-refractivity contribution in [2.75, 3.05) is 13.1 Å². The summed E-state index contributed by atoms with van der Waals surface area (Å²) in [7, 11) is 0. The molecular weight excluding hydrogens is 374 g/mol. The average molecular weight is 399 g/mol. The molecule has 4 aromatic rings. The molecule has 152 valence electrons. The second-order valence-corrected chi connectivity index (χ2v) is 8.50. The third-order valence-electron chi connectivity index (χ3n) is 6.93. The molecule has 2 aliphatic rings. The summed E-state index contributed by atoms with van der Waals surface area (Å²) >= 11 is 0. The van der Waals surface area contributed by atoms with Gasteiger partial charge < -0.3 is 4.98 Å². The second-order valence-electron chi connectivity index (χ2n) is 8.50. The third-order valence-corrected chi connectivity index (χ3v) is 6.93. The standard InChI is InChI=1S/C25H23N3O2.H2/c29-24-25(30)28(21-10-2-1-9-20(21)26-24)18-11-13-27(14-12-18)22-15-17-7-3-5-16-6-4-8-19(22)23(16)17;/h1-10,18,22H,11-15H2,(H,26,29);1H. The summed E-state index contributed by atoms with van der Waals surface area (Å²) in [5.74, 6) is 0. The molecular formula is C25H25N3O2. The molecule has 1 N–H and O–H groups in total. The lowest BCUT2D eigenvalue weighted by Crippen LogP contribution is -2.43. The van der Waals surface area contributed by atoms with Crippen molar-refractivity contribution >= 4 is 21.8 Å². The highest BCUT2D eigenvalue weighted by molar-refractivity contribution is 5.91. The van der Waals surface area contributed by atoms with E-state index in [1.54, 1.807) is 4.57 Å². The van der Waals surface area contributed by atoms with Crippen molar-refractivity contribution in [3.05, 3.63) is 92.5 Å². The minimum absolute atomic E-state index is 0. The molecule has 1 unspecified atom stereocenters. The van der Waals surface area contributed by atoms with E-state index in [1.807, 2.05) is 24.3 Å². The van der Waals surface area contributed by atoms with E-state index < -0.39 is 11.1 Å². The van der Waals surface area contributed by atoms with Crippen LogP contribution in [0.4, 0.5) is 0 Å². The largest absolute Gasteiger partial charge is 0.316 e. The Morgan fingerprint density at radius 1 is 0.900 bits per heavy atom. The molecule has 1 fully saturated rings. The van der Waals surface area contributed by atoms with Gasteiger partial charge in [-0.15, -0.1) is 0 Å². The van der Waals surface area contributed by atoms with Crippen molar-refractivity contribution in [3.8, 4) is 0 Å². The molecule has 0 saturated carbocycles. The summed E-state index contributed by atoms with van der Waals surface area (Å²) < 4.78 is 1.73. The van der Waals surface area contributed by atoms with Gasteiger partial charge in [0.05, 0.1) is 11.0 Å². The van der Waals surface area contributed by atoms with Gasteiger partial charge in [0.1, 0.15) is 0 Å². The topological polar surface area (TPSA) is 58.1 Å². The first-order valence-corrected chi connectivity index (χ1v) is 10.7. The normalized spacial score (nSPS) is 19.7. The number of benzene rings is 3. The summed E-state index contributed by atoms with van der Waals surface area (Å²) in [6.07, 6.45) is 2.79. The van der Waals surface area contributed by atoms with E-state index in [9.17, 15) is 9.59 Å². The Balaban J connectivity index is 0.00000204. The average Bonchev–Trinajstić information content (AvgIpc) is 3.16. The molecule has 0 bridgehead atoms. The Labute approximate surface area is 175 Å². The van der Waals surface area contributed by atoms with E-state index >= 15 is 0 Å². The van der Waals surface area contributed by atoms with Crippen LogP contribution in [0.2, 0.25) is 0 Å². The Morgan fingerprint density at radius 2 is 1.67 bits per heavy atom. The minimum Gasteiger partial charge on any atom is -0.316 e. The van der Waals surface area contributed by atoms with Gasteiger partial charge in [-0.25, -0.2) is 0 Å². The fourth-order valence-corrected chi connectivity index (χ4v) is 5.54. The molecule has 0 radical (unpaired) electrons. The Bertz CT molecular complexity index is 1390. The molecule has 1 saturated heterocycles. The van der Waals surface area contributed by atoms with Crippen LogP contribution in [0.3, 0.4) is 0 Å². The number of piperidine rings is 1. The van der Waals surface area contributed by atoms with Crippen molar-refractivity contribution in [2.45, 2.75) is 31.3 Å². The fraction of sp³-hybridized carbons (Fsp3) is 0.280. The molecule has 30 heavy (non-hydrogen) atoms. The van der Waals surface area contributed by atoms with Crippen molar-refractivity contribution in [2.24, 2.45) is 0 Å². The first-order chi connectivity index (χ1) is 14.7. The number of hydrogen-bond donors (Lipinski definition) is 1. The maximum atomic E-state index is 12.7. The molecule has 1 aliphatic heterocycles. The smallest absolute Gasteiger partial charge is 0.316 e. The number of likely N-dealkylation sites (tertiary alicyclic amines) is 1. The summed E-state index contributed by atoms with van der Waals surface area (Å²) in [5.41, 5.74) is 3.44. The molecule has 5 nitrogen and oxygen atoms in total. The highest BCUT2D eigenvalue weighted by Crippen LogP contribution is 2.41. The van der Waals surface area contributed by atoms with Crippen molar-refractivity contribution < 1.29 is 1.43 Å². The van der Waals surface area contributed by atoms with Crippen molar-refractivity contribution in [3.63, 3.8) is 0 Å². The van der Waals surface area contributed by atoms with E-state index in [1.165, 1.54) is 21.9 Å². The SMILES string of the molecule is O=c1[nH]c2ccccc2n(C2CCN(C3Cc4cccc5cccc3c45)CC2)c1=O.[HH]. The van der Waals surface area contributed by atoms with Gasteiger partial charge in [0.25, 0.3) is 0 Å². The van der Waals surface area contributed by atoms with Gasteiger partial charge in [0, 0.05) is 26.6 Å². The molecule has 1 aromatic heterocycles. The first-order valence-electron chi connectivity index (χ1n) is 10.7. The second kappa shape index (κ2) is 6.67. The van der Waals surface area contributed by atoms with Gasteiger partial charge in [-0.2, -0.15) is 0 Å². The van der Waals surface area contributed by atoms with Crippen molar-refractivity contribution in [1.29, 1.82) is 0 Å². The molecule has 5 heteroatoms. The molecule has 1 atom stereocenters. The summed E-state index contributed by atoms with van der Waals surface area (Å²) in [6, 6.07) is 21.3. The maximum absolute atomic E-state index is 12.7. The van der Waals surface area contributed by atoms with Crippen LogP contribution in [0, 0.1) is 0 Å². The zero-order chi connectivity index (χ0) is 20.2. The predicted octanol–water partition coefficient (Wildman–Crippen LogP) is 4.02. The lowest BCUT2D eigenvalue weighted by molar-refractivity contribution is 0.137. The van der Waals surface area contributed by atoms with Crippen LogP contribution < -0.4 is 11.1 Å². The van der Waals surface area contributed by atoms with Gasteiger partial charge in [0.2, 0.25) is 0 Å². The summed E-state index contributed by atoms with van der Waals surface area (Å²) in [5, 5.41) is 2.74. The number of H-pyrrole nitrogens is 1. The van der Waals surface area contributed by atoms with E-state index in [0.717, 1.165) is 43.4 Å². The van der Waals surface area contributed by atoms with Gasteiger partial charge in [-0.3, -0.25) is 19.1 Å². The number of nitrogens with one attached hydrogen (secondary N) is 1. The van der Waals surface area contributed by atoms with Gasteiger partial charge >= 0.3 is 11.1 Å². The highest BCUT2D eigenvalue weighted by atomic mass is 16.2. The van der Waals surface area contributed by atoms with Crippen LogP contribution >= 0.6 is 0 Å². The van der Waals surface area contributed by atoms with Gasteiger partial charge in [-0.05, 0) is 53.3 Å². The Hall–Kier alpha value is -3.18. The van der Waals surface area contributed by atoms with E-state index in [2.05, 4.69) is 46.3 Å². The van der Waals surface area contributed by atoms with Crippen LogP contribution in [-0.4, -0.2) is 27.5 Å². The van der Waals surface area contributed by atoms with Crippen LogP contribution in [-0.2, 0) is 6.42 Å². The molecule has 0 amide bonds.